The van der Waals surface area contributed by atoms with Gasteiger partial charge < -0.3 is 5.32 Å². The predicted molar refractivity (Wildman–Crippen MR) is 75.5 cm³/mol. The Hall–Kier alpha value is -0.270. The summed E-state index contributed by atoms with van der Waals surface area (Å²) in [4.78, 5) is 11.6. The van der Waals surface area contributed by atoms with Crippen molar-refractivity contribution in [1.29, 1.82) is 0 Å². The van der Waals surface area contributed by atoms with Crippen LogP contribution in [-0.2, 0) is 14.9 Å². The fraction of sp³-hybridized carbons (Fsp3) is 0.909. The second-order valence-corrected chi connectivity index (χ2v) is 7.55. The normalized spacial score (nSPS) is 12.4. The third kappa shape index (κ3) is 10.9. The molecule has 18 heavy (non-hydrogen) atoms. The number of amides is 1. The summed E-state index contributed by atoms with van der Waals surface area (Å²) in [6.07, 6.45) is 2.64. The minimum atomic E-state index is -4.08. The quantitative estimate of drug-likeness (QED) is 0.500. The zero-order valence-electron chi connectivity index (χ0n) is 11.2. The molecule has 0 aromatic heterocycles. The van der Waals surface area contributed by atoms with Crippen molar-refractivity contribution in [2.75, 3.05) is 17.3 Å². The molecule has 0 bridgehead atoms. The molecular formula is C11H23NO4S2. The first kappa shape index (κ1) is 17.7. The Morgan fingerprint density at radius 2 is 1.94 bits per heavy atom. The van der Waals surface area contributed by atoms with Crippen molar-refractivity contribution in [1.82, 2.24) is 5.32 Å². The van der Waals surface area contributed by atoms with E-state index >= 15 is 0 Å². The molecule has 0 aromatic carbocycles. The standard InChI is InChI=1S/C11H23NO4S2/c1-4-5-7-17-8-6-10(13)12-11(2,3)9-18(14,15)16/h4-9H2,1-3H3,(H,12,13)(H,14,15,16). The summed E-state index contributed by atoms with van der Waals surface area (Å²) in [6.45, 7) is 5.26. The van der Waals surface area contributed by atoms with Gasteiger partial charge in [0.2, 0.25) is 5.91 Å². The third-order valence-corrected chi connectivity index (χ3v) is 4.29. The molecule has 1 amide bonds. The van der Waals surface area contributed by atoms with Crippen molar-refractivity contribution in [3.63, 3.8) is 0 Å². The Morgan fingerprint density at radius 3 is 2.44 bits per heavy atom. The molecule has 0 saturated heterocycles. The van der Waals surface area contributed by atoms with Crippen LogP contribution >= 0.6 is 11.8 Å². The molecular weight excluding hydrogens is 274 g/mol. The van der Waals surface area contributed by atoms with Gasteiger partial charge >= 0.3 is 0 Å². The smallest absolute Gasteiger partial charge is 0.267 e. The van der Waals surface area contributed by atoms with E-state index < -0.39 is 21.4 Å². The summed E-state index contributed by atoms with van der Waals surface area (Å²) >= 11 is 1.72. The van der Waals surface area contributed by atoms with Gasteiger partial charge in [-0.25, -0.2) is 0 Å². The molecule has 0 heterocycles. The van der Waals surface area contributed by atoms with E-state index in [1.54, 1.807) is 25.6 Å². The molecule has 0 saturated carbocycles. The van der Waals surface area contributed by atoms with E-state index in [1.165, 1.54) is 0 Å². The number of hydrogen-bond acceptors (Lipinski definition) is 4. The van der Waals surface area contributed by atoms with E-state index in [4.69, 9.17) is 4.55 Å². The zero-order valence-corrected chi connectivity index (χ0v) is 12.9. The SMILES string of the molecule is CCCCSCCC(=O)NC(C)(C)CS(=O)(=O)O. The number of carbonyl (C=O) groups is 1. The molecule has 7 heteroatoms. The van der Waals surface area contributed by atoms with Crippen LogP contribution in [0.4, 0.5) is 0 Å². The molecule has 0 radical (unpaired) electrons. The molecule has 0 spiro atoms. The molecule has 5 nitrogen and oxygen atoms in total. The summed E-state index contributed by atoms with van der Waals surface area (Å²) in [5, 5.41) is 2.61. The van der Waals surface area contributed by atoms with Crippen molar-refractivity contribution in [3.05, 3.63) is 0 Å². The molecule has 0 aliphatic carbocycles. The van der Waals surface area contributed by atoms with Gasteiger partial charge in [-0.1, -0.05) is 13.3 Å². The third-order valence-electron chi connectivity index (χ3n) is 2.14. The molecule has 0 aliphatic heterocycles. The van der Waals surface area contributed by atoms with Gasteiger partial charge in [-0.05, 0) is 26.0 Å². The highest BCUT2D eigenvalue weighted by molar-refractivity contribution is 7.99. The van der Waals surface area contributed by atoms with E-state index in [2.05, 4.69) is 12.2 Å². The van der Waals surface area contributed by atoms with Gasteiger partial charge in [-0.2, -0.15) is 20.2 Å². The van der Waals surface area contributed by atoms with Crippen molar-refractivity contribution >= 4 is 27.8 Å². The summed E-state index contributed by atoms with van der Waals surface area (Å²) in [6, 6.07) is 0. The average Bonchev–Trinajstić information content (AvgIpc) is 2.12. The molecule has 0 aromatic rings. The van der Waals surface area contributed by atoms with Gasteiger partial charge in [0.05, 0.1) is 11.3 Å². The van der Waals surface area contributed by atoms with Gasteiger partial charge in [-0.15, -0.1) is 0 Å². The molecule has 0 atom stereocenters. The highest BCUT2D eigenvalue weighted by atomic mass is 32.2. The second-order valence-electron chi connectivity index (χ2n) is 4.87. The Kier molecular flexibility index (Phi) is 7.89. The van der Waals surface area contributed by atoms with Gasteiger partial charge in [0.25, 0.3) is 10.1 Å². The maximum Gasteiger partial charge on any atom is 0.267 e. The van der Waals surface area contributed by atoms with E-state index in [1.807, 2.05) is 0 Å². The molecule has 2 N–H and O–H groups in total. The number of nitrogens with one attached hydrogen (secondary N) is 1. The first-order valence-electron chi connectivity index (χ1n) is 6.00. The number of thioether (sulfide) groups is 1. The Bertz CT molecular complexity index is 352. The molecule has 0 unspecified atom stereocenters. The highest BCUT2D eigenvalue weighted by Crippen LogP contribution is 2.09. The maximum atomic E-state index is 11.6. The van der Waals surface area contributed by atoms with Crippen LogP contribution in [0.3, 0.4) is 0 Å². The van der Waals surface area contributed by atoms with E-state index in [0.717, 1.165) is 24.3 Å². The van der Waals surface area contributed by atoms with Crippen molar-refractivity contribution < 1.29 is 17.8 Å². The lowest BCUT2D eigenvalue weighted by Gasteiger charge is -2.24. The highest BCUT2D eigenvalue weighted by Gasteiger charge is 2.26. The predicted octanol–water partition coefficient (Wildman–Crippen LogP) is 1.69. The molecule has 0 rings (SSSR count). The summed E-state index contributed by atoms with van der Waals surface area (Å²) in [5.74, 6) is 1.10. The van der Waals surface area contributed by atoms with Gasteiger partial charge in [0.1, 0.15) is 0 Å². The Balaban J connectivity index is 3.93. The van der Waals surface area contributed by atoms with Crippen LogP contribution in [0.25, 0.3) is 0 Å². The number of unbranched alkanes of at least 4 members (excludes halogenated alkanes) is 1. The Morgan fingerprint density at radius 1 is 1.33 bits per heavy atom. The van der Waals surface area contributed by atoms with E-state index in [0.29, 0.717) is 6.42 Å². The average molecular weight is 297 g/mol. The topological polar surface area (TPSA) is 83.5 Å². The number of carbonyl (C=O) groups excluding carboxylic acids is 1. The number of rotatable bonds is 9. The summed E-state index contributed by atoms with van der Waals surface area (Å²) in [7, 11) is -4.08. The van der Waals surface area contributed by atoms with Gasteiger partial charge in [0, 0.05) is 12.2 Å². The Labute approximate surface area is 114 Å². The van der Waals surface area contributed by atoms with Crippen LogP contribution in [0.15, 0.2) is 0 Å². The van der Waals surface area contributed by atoms with E-state index in [9.17, 15) is 13.2 Å². The lowest BCUT2D eigenvalue weighted by atomic mass is 10.1. The van der Waals surface area contributed by atoms with Crippen LogP contribution in [-0.4, -0.2) is 41.7 Å². The van der Waals surface area contributed by atoms with Crippen LogP contribution in [0.5, 0.6) is 0 Å². The number of hydrogen-bond donors (Lipinski definition) is 2. The maximum absolute atomic E-state index is 11.6. The van der Waals surface area contributed by atoms with Crippen molar-refractivity contribution in [2.24, 2.45) is 0 Å². The van der Waals surface area contributed by atoms with Crippen LogP contribution in [0.2, 0.25) is 0 Å². The van der Waals surface area contributed by atoms with Crippen LogP contribution < -0.4 is 5.32 Å². The first-order valence-corrected chi connectivity index (χ1v) is 8.76. The van der Waals surface area contributed by atoms with Gasteiger partial charge in [0.15, 0.2) is 0 Å². The van der Waals surface area contributed by atoms with Crippen LogP contribution in [0.1, 0.15) is 40.0 Å². The van der Waals surface area contributed by atoms with Crippen LogP contribution in [0, 0.1) is 0 Å². The zero-order chi connectivity index (χ0) is 14.2. The fourth-order valence-electron chi connectivity index (χ4n) is 1.45. The molecule has 0 aliphatic rings. The largest absolute Gasteiger partial charge is 0.350 e. The van der Waals surface area contributed by atoms with Gasteiger partial charge in [-0.3, -0.25) is 9.35 Å². The lowest BCUT2D eigenvalue weighted by Crippen LogP contribution is -2.48. The monoisotopic (exact) mass is 297 g/mol. The summed E-state index contributed by atoms with van der Waals surface area (Å²) < 4.78 is 30.3. The molecule has 108 valence electrons. The minimum Gasteiger partial charge on any atom is -0.350 e. The molecule has 0 fully saturated rings. The van der Waals surface area contributed by atoms with E-state index in [-0.39, 0.29) is 5.91 Å². The first-order chi connectivity index (χ1) is 8.16. The fourth-order valence-corrected chi connectivity index (χ4v) is 3.46. The van der Waals surface area contributed by atoms with Crippen molar-refractivity contribution in [2.45, 2.75) is 45.6 Å². The second kappa shape index (κ2) is 8.01. The van der Waals surface area contributed by atoms with Crippen molar-refractivity contribution in [3.8, 4) is 0 Å². The summed E-state index contributed by atoms with van der Waals surface area (Å²) in [5.41, 5.74) is -0.946. The lowest BCUT2D eigenvalue weighted by molar-refractivity contribution is -0.122. The minimum absolute atomic E-state index is 0.187.